The number of hydrogen-bond donors (Lipinski definition) is 1. The summed E-state index contributed by atoms with van der Waals surface area (Å²) in [5, 5.41) is 5.86. The predicted octanol–water partition coefficient (Wildman–Crippen LogP) is 3.33. The summed E-state index contributed by atoms with van der Waals surface area (Å²) < 4.78 is 1.24. The number of thiophene rings is 1. The number of hydrogen-bond acceptors (Lipinski definition) is 3. The molecule has 3 atom stereocenters. The van der Waals surface area contributed by atoms with E-state index >= 15 is 0 Å². The van der Waals surface area contributed by atoms with Crippen LogP contribution in [0.2, 0.25) is 0 Å². The van der Waals surface area contributed by atoms with E-state index in [9.17, 15) is 0 Å². The normalized spacial score (nSPS) is 30.7. The van der Waals surface area contributed by atoms with Gasteiger partial charge in [-0.15, -0.1) is 11.3 Å². The van der Waals surface area contributed by atoms with Crippen molar-refractivity contribution in [1.82, 2.24) is 10.2 Å². The first-order chi connectivity index (χ1) is 8.08. The average molecular weight is 317 g/mol. The molecule has 1 aromatic heterocycles. The van der Waals surface area contributed by atoms with Crippen molar-refractivity contribution in [3.63, 3.8) is 0 Å². The van der Waals surface area contributed by atoms with E-state index in [-0.39, 0.29) is 0 Å². The molecule has 0 radical (unpaired) electrons. The molecule has 17 heavy (non-hydrogen) atoms. The fourth-order valence-electron chi connectivity index (χ4n) is 2.50. The lowest BCUT2D eigenvalue weighted by atomic mass is 9.90. The molecule has 96 valence electrons. The quantitative estimate of drug-likeness (QED) is 0.920. The van der Waals surface area contributed by atoms with Crippen LogP contribution in [0.1, 0.15) is 25.1 Å². The zero-order chi connectivity index (χ0) is 12.4. The van der Waals surface area contributed by atoms with Gasteiger partial charge in [-0.1, -0.05) is 6.92 Å². The monoisotopic (exact) mass is 316 g/mol. The molecule has 1 fully saturated rings. The molecule has 2 rings (SSSR count). The van der Waals surface area contributed by atoms with Crippen molar-refractivity contribution in [1.29, 1.82) is 0 Å². The molecule has 1 saturated heterocycles. The second kappa shape index (κ2) is 5.83. The minimum absolute atomic E-state index is 0.648. The van der Waals surface area contributed by atoms with Gasteiger partial charge in [-0.05, 0) is 53.7 Å². The number of halogens is 1. The molecular formula is C13H21BrN2S. The number of nitrogens with zero attached hydrogens (tertiary/aromatic N) is 1. The molecule has 0 bridgehead atoms. The fourth-order valence-corrected chi connectivity index (χ4v) is 3.94. The van der Waals surface area contributed by atoms with Crippen molar-refractivity contribution in [2.75, 3.05) is 13.6 Å². The van der Waals surface area contributed by atoms with E-state index in [0.717, 1.165) is 12.5 Å². The van der Waals surface area contributed by atoms with Crippen LogP contribution in [0.15, 0.2) is 15.9 Å². The molecule has 0 spiro atoms. The zero-order valence-corrected chi connectivity index (χ0v) is 13.1. The number of piperidine rings is 1. The van der Waals surface area contributed by atoms with Gasteiger partial charge in [0.2, 0.25) is 0 Å². The molecule has 2 heterocycles. The largest absolute Gasteiger partial charge is 0.309 e. The van der Waals surface area contributed by atoms with Crippen molar-refractivity contribution < 1.29 is 0 Å². The molecule has 1 aliphatic rings. The lowest BCUT2D eigenvalue weighted by molar-refractivity contribution is 0.121. The molecule has 0 saturated carbocycles. The molecule has 0 amide bonds. The van der Waals surface area contributed by atoms with E-state index in [1.54, 1.807) is 0 Å². The van der Waals surface area contributed by atoms with Crippen LogP contribution < -0.4 is 5.32 Å². The summed E-state index contributed by atoms with van der Waals surface area (Å²) in [4.78, 5) is 3.87. The summed E-state index contributed by atoms with van der Waals surface area (Å²) in [6.07, 6.45) is 1.25. The van der Waals surface area contributed by atoms with Crippen LogP contribution in [0.3, 0.4) is 0 Å². The molecular weight excluding hydrogens is 296 g/mol. The van der Waals surface area contributed by atoms with Gasteiger partial charge in [0.15, 0.2) is 0 Å². The maximum Gasteiger partial charge on any atom is 0.0327 e. The van der Waals surface area contributed by atoms with Gasteiger partial charge in [-0.2, -0.15) is 0 Å². The molecule has 3 unspecified atom stereocenters. The Morgan fingerprint density at radius 3 is 2.94 bits per heavy atom. The first-order valence-corrected chi connectivity index (χ1v) is 7.90. The Bertz CT molecular complexity index is 366. The van der Waals surface area contributed by atoms with Crippen molar-refractivity contribution in [2.24, 2.45) is 5.92 Å². The standard InChI is InChI=1S/C13H21BrN2S/c1-9-8-16(3)10(2)6-12(9)15-7-13-11(14)4-5-17-13/h4-5,9-10,12,15H,6-8H2,1-3H3. The van der Waals surface area contributed by atoms with Crippen LogP contribution >= 0.6 is 27.3 Å². The Morgan fingerprint density at radius 1 is 1.53 bits per heavy atom. The highest BCUT2D eigenvalue weighted by atomic mass is 79.9. The topological polar surface area (TPSA) is 15.3 Å². The van der Waals surface area contributed by atoms with Crippen LogP contribution in [-0.2, 0) is 6.54 Å². The maximum atomic E-state index is 3.72. The van der Waals surface area contributed by atoms with E-state index in [0.29, 0.717) is 12.1 Å². The molecule has 1 aromatic rings. The van der Waals surface area contributed by atoms with Crippen molar-refractivity contribution in [3.05, 3.63) is 20.8 Å². The first-order valence-electron chi connectivity index (χ1n) is 6.23. The van der Waals surface area contributed by atoms with Crippen LogP contribution in [-0.4, -0.2) is 30.6 Å². The van der Waals surface area contributed by atoms with Gasteiger partial charge in [-0.25, -0.2) is 0 Å². The van der Waals surface area contributed by atoms with Gasteiger partial charge in [-0.3, -0.25) is 0 Å². The average Bonchev–Trinajstić information content (AvgIpc) is 2.68. The second-order valence-corrected chi connectivity index (χ2v) is 7.04. The molecule has 2 nitrogen and oxygen atoms in total. The van der Waals surface area contributed by atoms with Crippen LogP contribution in [0.5, 0.6) is 0 Å². The molecule has 0 aliphatic carbocycles. The summed E-state index contributed by atoms with van der Waals surface area (Å²) >= 11 is 5.41. The minimum atomic E-state index is 0.648. The predicted molar refractivity (Wildman–Crippen MR) is 78.5 cm³/mol. The van der Waals surface area contributed by atoms with E-state index in [1.165, 1.54) is 22.3 Å². The summed E-state index contributed by atoms with van der Waals surface area (Å²) in [5.74, 6) is 0.731. The van der Waals surface area contributed by atoms with Crippen molar-refractivity contribution in [2.45, 2.75) is 38.9 Å². The number of rotatable bonds is 3. The van der Waals surface area contributed by atoms with E-state index < -0.39 is 0 Å². The molecule has 1 aliphatic heterocycles. The third-order valence-electron chi connectivity index (χ3n) is 3.83. The third kappa shape index (κ3) is 3.31. The highest BCUT2D eigenvalue weighted by Gasteiger charge is 2.28. The Labute approximate surface area is 117 Å². The smallest absolute Gasteiger partial charge is 0.0327 e. The Kier molecular flexibility index (Phi) is 4.64. The number of nitrogens with one attached hydrogen (secondary N) is 1. The fraction of sp³-hybridized carbons (Fsp3) is 0.692. The Morgan fingerprint density at radius 2 is 2.29 bits per heavy atom. The van der Waals surface area contributed by atoms with Gasteiger partial charge in [0.05, 0.1) is 0 Å². The van der Waals surface area contributed by atoms with Crippen molar-refractivity contribution >= 4 is 27.3 Å². The second-order valence-electron chi connectivity index (χ2n) is 5.18. The van der Waals surface area contributed by atoms with E-state index in [4.69, 9.17) is 0 Å². The van der Waals surface area contributed by atoms with Crippen LogP contribution in [0.4, 0.5) is 0 Å². The highest BCUT2D eigenvalue weighted by molar-refractivity contribution is 9.10. The van der Waals surface area contributed by atoms with Gasteiger partial charge >= 0.3 is 0 Å². The Hall–Kier alpha value is 0.100. The number of likely N-dealkylation sites (tertiary alicyclic amines) is 1. The van der Waals surface area contributed by atoms with E-state index in [2.05, 4.69) is 58.5 Å². The highest BCUT2D eigenvalue weighted by Crippen LogP contribution is 2.25. The summed E-state index contributed by atoms with van der Waals surface area (Å²) in [5.41, 5.74) is 0. The summed E-state index contributed by atoms with van der Waals surface area (Å²) in [6, 6.07) is 3.47. The van der Waals surface area contributed by atoms with Crippen molar-refractivity contribution in [3.8, 4) is 0 Å². The minimum Gasteiger partial charge on any atom is -0.309 e. The molecule has 4 heteroatoms. The molecule has 1 N–H and O–H groups in total. The van der Waals surface area contributed by atoms with Gasteiger partial charge < -0.3 is 10.2 Å². The lowest BCUT2D eigenvalue weighted by Crippen LogP contribution is -2.50. The van der Waals surface area contributed by atoms with Gasteiger partial charge in [0.25, 0.3) is 0 Å². The SMILES string of the molecule is CC1CN(C)C(C)CC1NCc1sccc1Br. The van der Waals surface area contributed by atoms with Gasteiger partial charge in [0.1, 0.15) is 0 Å². The maximum absolute atomic E-state index is 3.72. The molecule has 0 aromatic carbocycles. The zero-order valence-electron chi connectivity index (χ0n) is 10.7. The van der Waals surface area contributed by atoms with Crippen LogP contribution in [0.25, 0.3) is 0 Å². The summed E-state index contributed by atoms with van der Waals surface area (Å²) in [6.45, 7) is 6.86. The third-order valence-corrected chi connectivity index (χ3v) is 5.75. The lowest BCUT2D eigenvalue weighted by Gasteiger charge is -2.40. The van der Waals surface area contributed by atoms with E-state index in [1.807, 2.05) is 11.3 Å². The summed E-state index contributed by atoms with van der Waals surface area (Å²) in [7, 11) is 2.23. The van der Waals surface area contributed by atoms with Crippen LogP contribution in [0, 0.1) is 5.92 Å². The first kappa shape index (κ1) is 13.5. The van der Waals surface area contributed by atoms with Gasteiger partial charge in [0, 0.05) is 34.5 Å². The Balaban J connectivity index is 1.89.